The van der Waals surface area contributed by atoms with E-state index >= 15 is 0 Å². The van der Waals surface area contributed by atoms with Gasteiger partial charge in [0.1, 0.15) is 5.37 Å². The highest BCUT2D eigenvalue weighted by molar-refractivity contribution is 8.00. The lowest BCUT2D eigenvalue weighted by molar-refractivity contribution is 0.180. The topological polar surface area (TPSA) is 49.4 Å². The van der Waals surface area contributed by atoms with Gasteiger partial charge in [-0.25, -0.2) is 8.42 Å². The Labute approximate surface area is 116 Å². The van der Waals surface area contributed by atoms with Crippen LogP contribution in [0.5, 0.6) is 0 Å². The van der Waals surface area contributed by atoms with Gasteiger partial charge < -0.3 is 5.32 Å². The lowest BCUT2D eigenvalue weighted by Crippen LogP contribution is -2.54. The Bertz CT molecular complexity index is 344. The highest BCUT2D eigenvalue weighted by atomic mass is 32.2. The molecule has 4 nitrogen and oxygen atoms in total. The third-order valence-electron chi connectivity index (χ3n) is 3.32. The van der Waals surface area contributed by atoms with Gasteiger partial charge in [-0.05, 0) is 6.42 Å². The summed E-state index contributed by atoms with van der Waals surface area (Å²) in [7, 11) is -2.99. The Hall–Kier alpha value is 0.220. The van der Waals surface area contributed by atoms with Gasteiger partial charge in [-0.3, -0.25) is 4.90 Å². The molecule has 0 amide bonds. The number of thioether (sulfide) groups is 1. The maximum atomic E-state index is 11.9. The Morgan fingerprint density at radius 3 is 2.61 bits per heavy atom. The second kappa shape index (κ2) is 7.12. The summed E-state index contributed by atoms with van der Waals surface area (Å²) in [5.74, 6) is 1.74. The van der Waals surface area contributed by atoms with Crippen molar-refractivity contribution >= 4 is 21.6 Å². The zero-order chi connectivity index (χ0) is 13.8. The second-order valence-corrected chi connectivity index (χ2v) is 8.57. The molecular weight excluding hydrogens is 268 g/mol. The molecule has 0 aromatic rings. The maximum Gasteiger partial charge on any atom is 0.164 e. The summed E-state index contributed by atoms with van der Waals surface area (Å²) < 4.78 is 23.8. The Kier molecular flexibility index (Phi) is 6.44. The van der Waals surface area contributed by atoms with Crippen LogP contribution in [0.1, 0.15) is 27.2 Å². The van der Waals surface area contributed by atoms with Gasteiger partial charge in [0.15, 0.2) is 9.84 Å². The average Bonchev–Trinajstić information content (AvgIpc) is 2.29. The summed E-state index contributed by atoms with van der Waals surface area (Å²) in [5.41, 5.74) is 0. The van der Waals surface area contributed by atoms with Crippen LogP contribution in [0, 0.1) is 0 Å². The van der Waals surface area contributed by atoms with Crippen LogP contribution >= 0.6 is 11.8 Å². The molecule has 1 aliphatic rings. The van der Waals surface area contributed by atoms with Crippen LogP contribution in [-0.2, 0) is 9.84 Å². The predicted molar refractivity (Wildman–Crippen MR) is 79.9 cm³/mol. The van der Waals surface area contributed by atoms with Crippen LogP contribution < -0.4 is 5.32 Å². The highest BCUT2D eigenvalue weighted by Gasteiger charge is 2.34. The zero-order valence-electron chi connectivity index (χ0n) is 11.8. The van der Waals surface area contributed by atoms with E-state index in [-0.39, 0.29) is 5.37 Å². The molecule has 1 heterocycles. The third kappa shape index (κ3) is 4.72. The molecule has 1 saturated heterocycles. The van der Waals surface area contributed by atoms with Crippen LogP contribution in [-0.4, -0.2) is 61.6 Å². The van der Waals surface area contributed by atoms with Gasteiger partial charge in [0, 0.05) is 42.9 Å². The molecule has 18 heavy (non-hydrogen) atoms. The molecule has 2 unspecified atom stereocenters. The van der Waals surface area contributed by atoms with Gasteiger partial charge in [-0.15, -0.1) is 0 Å². The fourth-order valence-corrected chi connectivity index (χ4v) is 5.20. The summed E-state index contributed by atoms with van der Waals surface area (Å²) in [6, 6.07) is 0.753. The van der Waals surface area contributed by atoms with Gasteiger partial charge in [0.05, 0.1) is 0 Å². The number of sulfone groups is 1. The van der Waals surface area contributed by atoms with E-state index in [1.165, 1.54) is 6.26 Å². The number of hydrogen-bond donors (Lipinski definition) is 1. The first kappa shape index (κ1) is 16.3. The normalized spacial score (nSPS) is 24.4. The van der Waals surface area contributed by atoms with E-state index < -0.39 is 9.84 Å². The first-order chi connectivity index (χ1) is 8.36. The van der Waals surface area contributed by atoms with Crippen LogP contribution in [0.25, 0.3) is 0 Å². The zero-order valence-corrected chi connectivity index (χ0v) is 13.5. The molecule has 2 atom stereocenters. The molecule has 1 aliphatic heterocycles. The van der Waals surface area contributed by atoms with Gasteiger partial charge >= 0.3 is 0 Å². The molecule has 0 spiro atoms. The third-order valence-corrected chi connectivity index (χ3v) is 5.98. The van der Waals surface area contributed by atoms with Crippen molar-refractivity contribution in [3.8, 4) is 0 Å². The molecule has 0 saturated carbocycles. The fraction of sp³-hybridized carbons (Fsp3) is 1.00. The molecule has 1 fully saturated rings. The van der Waals surface area contributed by atoms with Gasteiger partial charge in [-0.2, -0.15) is 11.8 Å². The van der Waals surface area contributed by atoms with E-state index in [0.717, 1.165) is 25.3 Å². The van der Waals surface area contributed by atoms with E-state index in [1.54, 1.807) is 11.8 Å². The number of nitrogens with one attached hydrogen (secondary N) is 1. The molecule has 0 bridgehead atoms. The van der Waals surface area contributed by atoms with Crippen LogP contribution in [0.4, 0.5) is 0 Å². The summed E-state index contributed by atoms with van der Waals surface area (Å²) in [4.78, 5) is 2.18. The Morgan fingerprint density at radius 1 is 1.44 bits per heavy atom. The van der Waals surface area contributed by atoms with Crippen molar-refractivity contribution in [2.24, 2.45) is 0 Å². The molecule has 0 radical (unpaired) electrons. The van der Waals surface area contributed by atoms with E-state index in [2.05, 4.69) is 31.0 Å². The lowest BCUT2D eigenvalue weighted by atomic mass is 10.1. The van der Waals surface area contributed by atoms with Crippen molar-refractivity contribution < 1.29 is 8.42 Å². The maximum absolute atomic E-state index is 11.9. The standard InChI is InChI=1S/C12H26N2O2S2/c1-5-11(8-13-10(2)3)14-6-7-17-9-12(14)18(4,15)16/h10-13H,5-9H2,1-4H3. The Morgan fingerprint density at radius 2 is 2.11 bits per heavy atom. The smallest absolute Gasteiger partial charge is 0.164 e. The SMILES string of the molecule is CCC(CNC(C)C)N1CCSCC1S(C)(=O)=O. The summed E-state index contributed by atoms with van der Waals surface area (Å²) >= 11 is 1.74. The minimum atomic E-state index is -2.99. The molecule has 1 N–H and O–H groups in total. The van der Waals surface area contributed by atoms with Crippen molar-refractivity contribution in [2.45, 2.75) is 44.6 Å². The van der Waals surface area contributed by atoms with Gasteiger partial charge in [0.25, 0.3) is 0 Å². The summed E-state index contributed by atoms with van der Waals surface area (Å²) in [5, 5.41) is 3.11. The molecule has 6 heteroatoms. The van der Waals surface area contributed by atoms with Gasteiger partial charge in [-0.1, -0.05) is 20.8 Å². The molecule has 0 aliphatic carbocycles. The van der Waals surface area contributed by atoms with E-state index in [4.69, 9.17) is 0 Å². The molecule has 1 rings (SSSR count). The molecule has 0 aromatic carbocycles. The molecule has 108 valence electrons. The van der Waals surface area contributed by atoms with Crippen molar-refractivity contribution in [3.05, 3.63) is 0 Å². The second-order valence-electron chi connectivity index (χ2n) is 5.22. The monoisotopic (exact) mass is 294 g/mol. The largest absolute Gasteiger partial charge is 0.313 e. The summed E-state index contributed by atoms with van der Waals surface area (Å²) in [6.45, 7) is 8.11. The van der Waals surface area contributed by atoms with E-state index in [9.17, 15) is 8.42 Å². The number of nitrogens with zero attached hydrogens (tertiary/aromatic N) is 1. The average molecular weight is 294 g/mol. The van der Waals surface area contributed by atoms with Crippen molar-refractivity contribution in [2.75, 3.05) is 30.9 Å². The summed E-state index contributed by atoms with van der Waals surface area (Å²) in [6.07, 6.45) is 2.34. The minimum absolute atomic E-state index is 0.310. The molecular formula is C12H26N2O2S2. The fourth-order valence-electron chi connectivity index (χ4n) is 2.25. The van der Waals surface area contributed by atoms with Crippen LogP contribution in [0.3, 0.4) is 0 Å². The van der Waals surface area contributed by atoms with Crippen molar-refractivity contribution in [1.29, 1.82) is 0 Å². The highest BCUT2D eigenvalue weighted by Crippen LogP contribution is 2.23. The number of hydrogen-bond acceptors (Lipinski definition) is 5. The number of rotatable bonds is 6. The Balaban J connectivity index is 2.74. The van der Waals surface area contributed by atoms with Crippen molar-refractivity contribution in [1.82, 2.24) is 10.2 Å². The lowest BCUT2D eigenvalue weighted by Gasteiger charge is -2.40. The predicted octanol–water partition coefficient (Wildman–Crippen LogP) is 1.18. The first-order valence-corrected chi connectivity index (χ1v) is 9.73. The molecule has 0 aromatic heterocycles. The van der Waals surface area contributed by atoms with E-state index in [0.29, 0.717) is 17.8 Å². The van der Waals surface area contributed by atoms with Gasteiger partial charge in [0.2, 0.25) is 0 Å². The first-order valence-electron chi connectivity index (χ1n) is 6.62. The van der Waals surface area contributed by atoms with Crippen LogP contribution in [0.15, 0.2) is 0 Å². The van der Waals surface area contributed by atoms with Crippen molar-refractivity contribution in [3.63, 3.8) is 0 Å². The van der Waals surface area contributed by atoms with E-state index in [1.807, 2.05) is 0 Å². The minimum Gasteiger partial charge on any atom is -0.313 e. The van der Waals surface area contributed by atoms with Crippen LogP contribution in [0.2, 0.25) is 0 Å². The quantitative estimate of drug-likeness (QED) is 0.797.